The number of unbranched alkanes of at least 4 members (excludes halogenated alkanes) is 7. The molecule has 1 N–H and O–H groups in total. The zero-order valence-electron chi connectivity index (χ0n) is 17.8. The summed E-state index contributed by atoms with van der Waals surface area (Å²) in [5, 5.41) is 9.67. The van der Waals surface area contributed by atoms with Crippen LogP contribution in [0.2, 0.25) is 0 Å². The SMILES string of the molecule is CCCCCCCCCCC(=CC(CC)C(CC)c1ccccc1)C(=O)O. The molecule has 0 aliphatic heterocycles. The Labute approximate surface area is 167 Å². The van der Waals surface area contributed by atoms with Crippen molar-refractivity contribution in [2.45, 2.75) is 97.3 Å². The second kappa shape index (κ2) is 14.5. The van der Waals surface area contributed by atoms with Crippen molar-refractivity contribution in [3.05, 3.63) is 47.5 Å². The fourth-order valence-electron chi connectivity index (χ4n) is 3.97. The Hall–Kier alpha value is -1.57. The molecule has 0 aliphatic carbocycles. The fraction of sp³-hybridized carbons (Fsp3) is 0.640. The minimum absolute atomic E-state index is 0.289. The van der Waals surface area contributed by atoms with E-state index in [1.165, 1.54) is 44.1 Å². The van der Waals surface area contributed by atoms with Crippen molar-refractivity contribution in [2.75, 3.05) is 0 Å². The van der Waals surface area contributed by atoms with Crippen LogP contribution in [0.4, 0.5) is 0 Å². The lowest BCUT2D eigenvalue weighted by Crippen LogP contribution is -2.12. The predicted octanol–water partition coefficient (Wildman–Crippen LogP) is 7.75. The Balaban J connectivity index is 2.60. The topological polar surface area (TPSA) is 37.3 Å². The number of carboxylic acids is 1. The summed E-state index contributed by atoms with van der Waals surface area (Å²) in [6.45, 7) is 6.61. The molecule has 2 heteroatoms. The third-order valence-electron chi connectivity index (χ3n) is 5.65. The average Bonchev–Trinajstić information content (AvgIpc) is 2.68. The molecule has 0 fully saturated rings. The van der Waals surface area contributed by atoms with E-state index in [1.54, 1.807) is 0 Å². The van der Waals surface area contributed by atoms with Gasteiger partial charge in [0.1, 0.15) is 0 Å². The monoisotopic (exact) mass is 372 g/mol. The van der Waals surface area contributed by atoms with Gasteiger partial charge >= 0.3 is 5.97 Å². The zero-order valence-corrected chi connectivity index (χ0v) is 17.8. The van der Waals surface area contributed by atoms with Gasteiger partial charge in [0.25, 0.3) is 0 Å². The highest BCUT2D eigenvalue weighted by molar-refractivity contribution is 5.86. The Kier molecular flexibility index (Phi) is 12.6. The van der Waals surface area contributed by atoms with Crippen molar-refractivity contribution in [1.82, 2.24) is 0 Å². The summed E-state index contributed by atoms with van der Waals surface area (Å²) in [5.74, 6) is -0.0547. The number of rotatable bonds is 15. The van der Waals surface area contributed by atoms with Gasteiger partial charge in [0.15, 0.2) is 0 Å². The van der Waals surface area contributed by atoms with Gasteiger partial charge in [0, 0.05) is 5.57 Å². The van der Waals surface area contributed by atoms with Crippen LogP contribution in [0.25, 0.3) is 0 Å². The number of hydrogen-bond acceptors (Lipinski definition) is 1. The first-order valence-corrected chi connectivity index (χ1v) is 11.1. The van der Waals surface area contributed by atoms with Crippen LogP contribution in [-0.2, 0) is 4.79 Å². The summed E-state index contributed by atoms with van der Waals surface area (Å²) in [7, 11) is 0. The molecule has 1 rings (SSSR count). The summed E-state index contributed by atoms with van der Waals surface area (Å²) >= 11 is 0. The molecular weight excluding hydrogens is 332 g/mol. The average molecular weight is 373 g/mol. The molecule has 0 aromatic heterocycles. The Morgan fingerprint density at radius 3 is 2.00 bits per heavy atom. The number of allylic oxidation sites excluding steroid dienone is 1. The summed E-state index contributed by atoms with van der Waals surface area (Å²) in [6, 6.07) is 10.5. The molecule has 2 atom stereocenters. The van der Waals surface area contributed by atoms with Gasteiger partial charge in [-0.05, 0) is 43.1 Å². The standard InChI is InChI=1S/C25H40O2/c1-4-7-8-9-10-11-12-14-19-23(25(26)27)20-21(5-2)24(6-3)22-17-15-13-16-18-22/h13,15-18,20-21,24H,4-12,14,19H2,1-3H3,(H,26,27). The molecule has 0 spiro atoms. The molecule has 1 aromatic rings. The quantitative estimate of drug-likeness (QED) is 0.252. The second-order valence-electron chi connectivity index (χ2n) is 7.72. The van der Waals surface area contributed by atoms with Crippen molar-refractivity contribution in [3.8, 4) is 0 Å². The molecule has 1 aromatic carbocycles. The van der Waals surface area contributed by atoms with Gasteiger partial charge in [0.05, 0.1) is 0 Å². The second-order valence-corrected chi connectivity index (χ2v) is 7.72. The maximum absolute atomic E-state index is 11.8. The van der Waals surface area contributed by atoms with E-state index < -0.39 is 5.97 Å². The first kappa shape index (κ1) is 23.5. The number of aliphatic carboxylic acids is 1. The summed E-state index contributed by atoms with van der Waals surface area (Å²) in [4.78, 5) is 11.8. The molecule has 0 amide bonds. The summed E-state index contributed by atoms with van der Waals surface area (Å²) in [6.07, 6.45) is 14.7. The molecule has 0 saturated carbocycles. The van der Waals surface area contributed by atoms with Crippen LogP contribution in [0, 0.1) is 5.92 Å². The Morgan fingerprint density at radius 1 is 0.889 bits per heavy atom. The van der Waals surface area contributed by atoms with Gasteiger partial charge in [-0.15, -0.1) is 0 Å². The normalized spacial score (nSPS) is 14.1. The van der Waals surface area contributed by atoms with Crippen LogP contribution >= 0.6 is 0 Å². The number of hydrogen-bond donors (Lipinski definition) is 1. The van der Waals surface area contributed by atoms with Gasteiger partial charge in [-0.3, -0.25) is 0 Å². The van der Waals surface area contributed by atoms with E-state index in [1.807, 2.05) is 6.07 Å². The third kappa shape index (κ3) is 9.26. The molecule has 0 saturated heterocycles. The van der Waals surface area contributed by atoms with Crippen molar-refractivity contribution >= 4 is 5.97 Å². The lowest BCUT2D eigenvalue weighted by atomic mass is 9.81. The summed E-state index contributed by atoms with van der Waals surface area (Å²) < 4.78 is 0. The Bertz CT molecular complexity index is 533. The lowest BCUT2D eigenvalue weighted by Gasteiger charge is -2.24. The van der Waals surface area contributed by atoms with E-state index in [-0.39, 0.29) is 5.92 Å². The number of carboxylic acid groups (broad SMARTS) is 1. The maximum atomic E-state index is 11.8. The van der Waals surface area contributed by atoms with Gasteiger partial charge in [0.2, 0.25) is 0 Å². The van der Waals surface area contributed by atoms with E-state index in [0.717, 1.165) is 25.7 Å². The van der Waals surface area contributed by atoms with Crippen LogP contribution in [0.3, 0.4) is 0 Å². The Morgan fingerprint density at radius 2 is 1.48 bits per heavy atom. The van der Waals surface area contributed by atoms with Crippen molar-refractivity contribution in [1.29, 1.82) is 0 Å². The van der Waals surface area contributed by atoms with Crippen LogP contribution < -0.4 is 0 Å². The van der Waals surface area contributed by atoms with Gasteiger partial charge < -0.3 is 5.11 Å². The van der Waals surface area contributed by atoms with Crippen LogP contribution in [0.15, 0.2) is 42.0 Å². The molecule has 0 heterocycles. The predicted molar refractivity (Wildman–Crippen MR) is 116 cm³/mol. The van der Waals surface area contributed by atoms with E-state index in [9.17, 15) is 9.90 Å². The van der Waals surface area contributed by atoms with Gasteiger partial charge in [-0.2, -0.15) is 0 Å². The van der Waals surface area contributed by atoms with Crippen molar-refractivity contribution < 1.29 is 9.90 Å². The highest BCUT2D eigenvalue weighted by atomic mass is 16.4. The van der Waals surface area contributed by atoms with E-state index in [4.69, 9.17) is 0 Å². The van der Waals surface area contributed by atoms with E-state index in [0.29, 0.717) is 17.9 Å². The summed E-state index contributed by atoms with van der Waals surface area (Å²) in [5.41, 5.74) is 1.93. The van der Waals surface area contributed by atoms with Gasteiger partial charge in [-0.1, -0.05) is 102 Å². The molecule has 0 bridgehead atoms. The first-order valence-electron chi connectivity index (χ1n) is 11.1. The van der Waals surface area contributed by atoms with Crippen molar-refractivity contribution in [2.24, 2.45) is 5.92 Å². The van der Waals surface area contributed by atoms with Crippen molar-refractivity contribution in [3.63, 3.8) is 0 Å². The van der Waals surface area contributed by atoms with E-state index >= 15 is 0 Å². The van der Waals surface area contributed by atoms with Crippen LogP contribution in [-0.4, -0.2) is 11.1 Å². The molecule has 2 nitrogen and oxygen atoms in total. The molecule has 0 radical (unpaired) electrons. The fourth-order valence-corrected chi connectivity index (χ4v) is 3.97. The maximum Gasteiger partial charge on any atom is 0.331 e. The highest BCUT2D eigenvalue weighted by Crippen LogP contribution is 2.32. The smallest absolute Gasteiger partial charge is 0.331 e. The minimum atomic E-state index is -0.737. The number of carbonyl (C=O) groups is 1. The molecular formula is C25H40O2. The lowest BCUT2D eigenvalue weighted by molar-refractivity contribution is -0.132. The molecule has 0 aliphatic rings. The molecule has 152 valence electrons. The number of benzene rings is 1. The zero-order chi connectivity index (χ0) is 19.9. The molecule has 27 heavy (non-hydrogen) atoms. The highest BCUT2D eigenvalue weighted by Gasteiger charge is 2.20. The first-order chi connectivity index (χ1) is 13.1. The van der Waals surface area contributed by atoms with Crippen LogP contribution in [0.5, 0.6) is 0 Å². The largest absolute Gasteiger partial charge is 0.478 e. The third-order valence-corrected chi connectivity index (χ3v) is 5.65. The molecule has 2 unspecified atom stereocenters. The minimum Gasteiger partial charge on any atom is -0.478 e. The van der Waals surface area contributed by atoms with Gasteiger partial charge in [-0.25, -0.2) is 4.79 Å². The van der Waals surface area contributed by atoms with Crippen LogP contribution in [0.1, 0.15) is 103 Å². The van der Waals surface area contributed by atoms with E-state index in [2.05, 4.69) is 51.1 Å².